The monoisotopic (exact) mass is 254 g/mol. The average Bonchev–Trinajstić information content (AvgIpc) is 2.32. The summed E-state index contributed by atoms with van der Waals surface area (Å²) in [6, 6.07) is 7.68. The molecule has 0 bridgehead atoms. The van der Waals surface area contributed by atoms with Gasteiger partial charge in [0.15, 0.2) is 0 Å². The van der Waals surface area contributed by atoms with E-state index >= 15 is 0 Å². The highest BCUT2D eigenvalue weighted by molar-refractivity contribution is 6.33. The number of nitrogens with one attached hydrogen (secondary N) is 2. The van der Waals surface area contributed by atoms with Crippen LogP contribution >= 0.6 is 11.6 Å². The zero-order valence-corrected chi connectivity index (χ0v) is 11.1. The minimum Gasteiger partial charge on any atom is -0.325 e. The molecule has 1 aromatic carbocycles. The Morgan fingerprint density at radius 1 is 1.41 bits per heavy atom. The van der Waals surface area contributed by atoms with Crippen LogP contribution in [0.25, 0.3) is 0 Å². The number of halogens is 1. The van der Waals surface area contributed by atoms with E-state index in [1.165, 1.54) is 0 Å². The number of benzene rings is 1. The van der Waals surface area contributed by atoms with Gasteiger partial charge in [0.1, 0.15) is 0 Å². The SMILES string of the molecule is CCC(C)NCCC(=O)Nc1ccccc1Cl. The number of anilines is 1. The molecule has 0 spiro atoms. The van der Waals surface area contributed by atoms with Gasteiger partial charge in [-0.3, -0.25) is 4.79 Å². The number of amides is 1. The third kappa shape index (κ3) is 5.20. The van der Waals surface area contributed by atoms with Crippen LogP contribution in [0.4, 0.5) is 5.69 Å². The highest BCUT2D eigenvalue weighted by atomic mass is 35.5. The van der Waals surface area contributed by atoms with Gasteiger partial charge in [-0.1, -0.05) is 30.7 Å². The zero-order valence-electron chi connectivity index (χ0n) is 10.3. The summed E-state index contributed by atoms with van der Waals surface area (Å²) in [6.45, 7) is 4.90. The van der Waals surface area contributed by atoms with Gasteiger partial charge in [-0.15, -0.1) is 0 Å². The lowest BCUT2D eigenvalue weighted by Gasteiger charge is -2.11. The van der Waals surface area contributed by atoms with Crippen LogP contribution < -0.4 is 10.6 Å². The molecule has 0 saturated heterocycles. The van der Waals surface area contributed by atoms with Crippen LogP contribution in [0.15, 0.2) is 24.3 Å². The fourth-order valence-electron chi connectivity index (χ4n) is 1.35. The summed E-state index contributed by atoms with van der Waals surface area (Å²) in [4.78, 5) is 11.6. The van der Waals surface area contributed by atoms with Crippen LogP contribution in [0.5, 0.6) is 0 Å². The van der Waals surface area contributed by atoms with E-state index in [9.17, 15) is 4.79 Å². The Labute approximate surface area is 108 Å². The minimum atomic E-state index is -0.0195. The van der Waals surface area contributed by atoms with E-state index in [0.717, 1.165) is 6.42 Å². The molecule has 17 heavy (non-hydrogen) atoms. The van der Waals surface area contributed by atoms with Crippen molar-refractivity contribution in [2.24, 2.45) is 0 Å². The van der Waals surface area contributed by atoms with Crippen molar-refractivity contribution in [3.05, 3.63) is 29.3 Å². The molecule has 94 valence electrons. The second-order valence-electron chi connectivity index (χ2n) is 4.04. The molecule has 0 radical (unpaired) electrons. The molecule has 1 unspecified atom stereocenters. The molecule has 0 aliphatic rings. The molecule has 1 aromatic rings. The van der Waals surface area contributed by atoms with E-state index in [1.807, 2.05) is 12.1 Å². The van der Waals surface area contributed by atoms with Crippen molar-refractivity contribution in [2.75, 3.05) is 11.9 Å². The largest absolute Gasteiger partial charge is 0.325 e. The Morgan fingerprint density at radius 2 is 2.12 bits per heavy atom. The molecule has 0 aliphatic heterocycles. The van der Waals surface area contributed by atoms with Gasteiger partial charge in [-0.05, 0) is 25.5 Å². The fourth-order valence-corrected chi connectivity index (χ4v) is 1.53. The number of hydrogen-bond donors (Lipinski definition) is 2. The lowest BCUT2D eigenvalue weighted by Crippen LogP contribution is -2.28. The van der Waals surface area contributed by atoms with Crippen LogP contribution in [0.3, 0.4) is 0 Å². The minimum absolute atomic E-state index is 0.0195. The quantitative estimate of drug-likeness (QED) is 0.819. The highest BCUT2D eigenvalue weighted by Gasteiger charge is 2.05. The Morgan fingerprint density at radius 3 is 2.76 bits per heavy atom. The van der Waals surface area contributed by atoms with E-state index in [0.29, 0.717) is 29.7 Å². The number of hydrogen-bond acceptors (Lipinski definition) is 2. The van der Waals surface area contributed by atoms with Crippen molar-refractivity contribution >= 4 is 23.2 Å². The first kappa shape index (κ1) is 14.0. The summed E-state index contributed by atoms with van der Waals surface area (Å²) in [5, 5.41) is 6.63. The van der Waals surface area contributed by atoms with E-state index in [1.54, 1.807) is 12.1 Å². The zero-order chi connectivity index (χ0) is 12.7. The van der Waals surface area contributed by atoms with Crippen molar-refractivity contribution in [3.63, 3.8) is 0 Å². The second kappa shape index (κ2) is 7.30. The smallest absolute Gasteiger partial charge is 0.225 e. The summed E-state index contributed by atoms with van der Waals surface area (Å²) < 4.78 is 0. The predicted octanol–water partition coefficient (Wildman–Crippen LogP) is 3.06. The van der Waals surface area contributed by atoms with E-state index in [4.69, 9.17) is 11.6 Å². The first-order valence-corrected chi connectivity index (χ1v) is 6.29. The number of carbonyl (C=O) groups excluding carboxylic acids is 1. The molecule has 1 atom stereocenters. The molecule has 3 nitrogen and oxygen atoms in total. The lowest BCUT2D eigenvalue weighted by atomic mass is 10.2. The summed E-state index contributed by atoms with van der Waals surface area (Å²) >= 11 is 5.94. The van der Waals surface area contributed by atoms with E-state index in [-0.39, 0.29) is 5.91 Å². The third-order valence-electron chi connectivity index (χ3n) is 2.61. The second-order valence-corrected chi connectivity index (χ2v) is 4.45. The van der Waals surface area contributed by atoms with Crippen LogP contribution in [-0.4, -0.2) is 18.5 Å². The van der Waals surface area contributed by atoms with Gasteiger partial charge in [0.05, 0.1) is 10.7 Å². The van der Waals surface area contributed by atoms with Crippen molar-refractivity contribution in [1.29, 1.82) is 0 Å². The molecule has 0 aliphatic carbocycles. The molecular weight excluding hydrogens is 236 g/mol. The van der Waals surface area contributed by atoms with Crippen molar-refractivity contribution in [1.82, 2.24) is 5.32 Å². The van der Waals surface area contributed by atoms with E-state index in [2.05, 4.69) is 24.5 Å². The lowest BCUT2D eigenvalue weighted by molar-refractivity contribution is -0.116. The maximum atomic E-state index is 11.6. The van der Waals surface area contributed by atoms with Crippen molar-refractivity contribution in [2.45, 2.75) is 32.7 Å². The van der Waals surface area contributed by atoms with Gasteiger partial charge in [-0.25, -0.2) is 0 Å². The third-order valence-corrected chi connectivity index (χ3v) is 2.93. The summed E-state index contributed by atoms with van der Waals surface area (Å²) in [7, 11) is 0. The molecule has 0 aromatic heterocycles. The molecule has 4 heteroatoms. The van der Waals surface area contributed by atoms with Crippen molar-refractivity contribution < 1.29 is 4.79 Å². The normalized spacial score (nSPS) is 12.2. The molecule has 1 amide bonds. The molecular formula is C13H19ClN2O. The maximum absolute atomic E-state index is 11.6. The van der Waals surface area contributed by atoms with Gasteiger partial charge in [0.2, 0.25) is 5.91 Å². The van der Waals surface area contributed by atoms with Gasteiger partial charge < -0.3 is 10.6 Å². The number of rotatable bonds is 6. The van der Waals surface area contributed by atoms with E-state index < -0.39 is 0 Å². The van der Waals surface area contributed by atoms with Crippen LogP contribution in [0.1, 0.15) is 26.7 Å². The Hall–Kier alpha value is -1.06. The summed E-state index contributed by atoms with van der Waals surface area (Å²) in [5.74, 6) is -0.0195. The van der Waals surface area contributed by atoms with Crippen LogP contribution in [0.2, 0.25) is 5.02 Å². The maximum Gasteiger partial charge on any atom is 0.225 e. The standard InChI is InChI=1S/C13H19ClN2O/c1-3-10(2)15-9-8-13(17)16-12-7-5-4-6-11(12)14/h4-7,10,15H,3,8-9H2,1-2H3,(H,16,17). The first-order valence-electron chi connectivity index (χ1n) is 5.91. The Kier molecular flexibility index (Phi) is 6.01. The topological polar surface area (TPSA) is 41.1 Å². The van der Waals surface area contributed by atoms with Gasteiger partial charge in [0.25, 0.3) is 0 Å². The van der Waals surface area contributed by atoms with Gasteiger partial charge in [0, 0.05) is 19.0 Å². The Bertz CT molecular complexity index is 368. The summed E-state index contributed by atoms with van der Waals surface area (Å²) in [5.41, 5.74) is 0.669. The molecule has 1 rings (SSSR count). The Balaban J connectivity index is 2.33. The predicted molar refractivity (Wildman–Crippen MR) is 72.5 cm³/mol. The number of carbonyl (C=O) groups is 1. The van der Waals surface area contributed by atoms with Crippen molar-refractivity contribution in [3.8, 4) is 0 Å². The number of para-hydroxylation sites is 1. The fraction of sp³-hybridized carbons (Fsp3) is 0.462. The molecule has 2 N–H and O–H groups in total. The summed E-state index contributed by atoms with van der Waals surface area (Å²) in [6.07, 6.45) is 1.52. The average molecular weight is 255 g/mol. The van der Waals surface area contributed by atoms with Crippen LogP contribution in [0, 0.1) is 0 Å². The highest BCUT2D eigenvalue weighted by Crippen LogP contribution is 2.20. The molecule has 0 saturated carbocycles. The van der Waals surface area contributed by atoms with Crippen LogP contribution in [-0.2, 0) is 4.79 Å². The molecule has 0 heterocycles. The molecule has 0 fully saturated rings. The first-order chi connectivity index (χ1) is 8.13. The van der Waals surface area contributed by atoms with Gasteiger partial charge in [-0.2, -0.15) is 0 Å². The van der Waals surface area contributed by atoms with Gasteiger partial charge >= 0.3 is 0 Å².